The third kappa shape index (κ3) is 3.13. The number of carbonyl (C=O) groups excluding carboxylic acids is 1. The fraction of sp³-hybridized carbons (Fsp3) is 0.167. The van der Waals surface area contributed by atoms with Crippen molar-refractivity contribution in [2.45, 2.75) is 0 Å². The lowest BCUT2D eigenvalue weighted by atomic mass is 10.1. The van der Waals surface area contributed by atoms with Crippen LogP contribution < -0.4 is 18.9 Å². The molecular weight excluding hydrogens is 296 g/mol. The molecule has 0 saturated carbocycles. The fourth-order valence-corrected chi connectivity index (χ4v) is 2.26. The van der Waals surface area contributed by atoms with Gasteiger partial charge >= 0.3 is 0 Å². The third-order valence-electron chi connectivity index (χ3n) is 3.50. The molecule has 0 N–H and O–H groups in total. The van der Waals surface area contributed by atoms with Crippen LogP contribution in [0.5, 0.6) is 23.0 Å². The lowest BCUT2D eigenvalue weighted by Crippen LogP contribution is -1.99. The maximum atomic E-state index is 12.4. The average Bonchev–Trinajstić information content (AvgIpc) is 3.06. The number of rotatable bonds is 5. The molecule has 2 aromatic carbocycles. The first-order valence-electron chi connectivity index (χ1n) is 7.05. The molecule has 0 aromatic heterocycles. The highest BCUT2D eigenvalue weighted by Crippen LogP contribution is 2.38. The van der Waals surface area contributed by atoms with Crippen LogP contribution in [-0.2, 0) is 0 Å². The second kappa shape index (κ2) is 6.44. The summed E-state index contributed by atoms with van der Waals surface area (Å²) >= 11 is 0. The van der Waals surface area contributed by atoms with Crippen LogP contribution in [0.3, 0.4) is 0 Å². The molecule has 1 heterocycles. The molecule has 0 spiro atoms. The Hall–Kier alpha value is -2.95. The molecule has 0 aliphatic carbocycles. The van der Waals surface area contributed by atoms with Crippen LogP contribution in [-0.4, -0.2) is 26.8 Å². The molecule has 0 amide bonds. The first-order valence-corrected chi connectivity index (χ1v) is 7.05. The normalized spacial score (nSPS) is 12.4. The smallest absolute Gasteiger partial charge is 0.231 e. The van der Waals surface area contributed by atoms with Gasteiger partial charge in [-0.25, -0.2) is 0 Å². The molecule has 0 fully saturated rings. The van der Waals surface area contributed by atoms with Gasteiger partial charge in [-0.3, -0.25) is 4.79 Å². The van der Waals surface area contributed by atoms with Crippen LogP contribution in [0.1, 0.15) is 15.9 Å². The zero-order chi connectivity index (χ0) is 16.2. The van der Waals surface area contributed by atoms with Gasteiger partial charge in [-0.2, -0.15) is 0 Å². The van der Waals surface area contributed by atoms with Crippen molar-refractivity contribution in [1.82, 2.24) is 0 Å². The minimum atomic E-state index is -0.170. The maximum absolute atomic E-state index is 12.4. The maximum Gasteiger partial charge on any atom is 0.231 e. The standard InChI is InChI=1S/C18H16O5/c1-20-13-6-3-12(4-7-13)5-8-15(19)14-9-17-18(23-11-22-17)10-16(14)21-2/h3-10H,11H2,1-2H3/b8-5+. The van der Waals surface area contributed by atoms with E-state index in [1.165, 1.54) is 13.2 Å². The Balaban J connectivity index is 1.83. The Morgan fingerprint density at radius 1 is 1.04 bits per heavy atom. The second-order valence-corrected chi connectivity index (χ2v) is 4.88. The molecule has 2 aromatic rings. The third-order valence-corrected chi connectivity index (χ3v) is 3.50. The topological polar surface area (TPSA) is 54.0 Å². The number of benzene rings is 2. The number of ether oxygens (including phenoxy) is 4. The van der Waals surface area contributed by atoms with Crippen molar-refractivity contribution in [3.05, 3.63) is 53.6 Å². The van der Waals surface area contributed by atoms with E-state index in [4.69, 9.17) is 18.9 Å². The van der Waals surface area contributed by atoms with Gasteiger partial charge in [0, 0.05) is 6.07 Å². The Morgan fingerprint density at radius 2 is 1.74 bits per heavy atom. The zero-order valence-corrected chi connectivity index (χ0v) is 12.9. The molecule has 5 nitrogen and oxygen atoms in total. The van der Waals surface area contributed by atoms with E-state index in [2.05, 4.69) is 0 Å². The van der Waals surface area contributed by atoms with Crippen molar-refractivity contribution < 1.29 is 23.7 Å². The van der Waals surface area contributed by atoms with Gasteiger partial charge in [0.05, 0.1) is 19.8 Å². The number of carbonyl (C=O) groups is 1. The Labute approximate surface area is 134 Å². The number of hydrogen-bond donors (Lipinski definition) is 0. The first-order chi connectivity index (χ1) is 11.2. The van der Waals surface area contributed by atoms with E-state index in [0.717, 1.165) is 11.3 Å². The van der Waals surface area contributed by atoms with Crippen molar-refractivity contribution in [3.8, 4) is 23.0 Å². The molecule has 3 rings (SSSR count). The molecule has 1 aliphatic rings. The summed E-state index contributed by atoms with van der Waals surface area (Å²) in [6, 6.07) is 10.7. The summed E-state index contributed by atoms with van der Waals surface area (Å²) < 4.78 is 21.0. The Morgan fingerprint density at radius 3 is 2.39 bits per heavy atom. The van der Waals surface area contributed by atoms with Gasteiger partial charge in [-0.1, -0.05) is 18.2 Å². The van der Waals surface area contributed by atoms with E-state index in [1.807, 2.05) is 24.3 Å². The zero-order valence-electron chi connectivity index (χ0n) is 12.9. The quantitative estimate of drug-likeness (QED) is 0.626. The van der Waals surface area contributed by atoms with Crippen LogP contribution in [0, 0.1) is 0 Å². The molecular formula is C18H16O5. The predicted molar refractivity (Wildman–Crippen MR) is 85.5 cm³/mol. The van der Waals surface area contributed by atoms with Crippen molar-refractivity contribution in [2.75, 3.05) is 21.0 Å². The molecule has 23 heavy (non-hydrogen) atoms. The van der Waals surface area contributed by atoms with Crippen molar-refractivity contribution in [2.24, 2.45) is 0 Å². The van der Waals surface area contributed by atoms with E-state index >= 15 is 0 Å². The van der Waals surface area contributed by atoms with Gasteiger partial charge in [0.15, 0.2) is 17.3 Å². The highest BCUT2D eigenvalue weighted by Gasteiger charge is 2.20. The summed E-state index contributed by atoms with van der Waals surface area (Å²) in [7, 11) is 3.13. The minimum absolute atomic E-state index is 0.151. The van der Waals surface area contributed by atoms with Gasteiger partial charge in [0.25, 0.3) is 0 Å². The largest absolute Gasteiger partial charge is 0.497 e. The average molecular weight is 312 g/mol. The van der Waals surface area contributed by atoms with Crippen LogP contribution >= 0.6 is 0 Å². The van der Waals surface area contributed by atoms with E-state index in [1.54, 1.807) is 25.3 Å². The van der Waals surface area contributed by atoms with Gasteiger partial charge in [-0.15, -0.1) is 0 Å². The number of fused-ring (bicyclic) bond motifs is 1. The van der Waals surface area contributed by atoms with Crippen molar-refractivity contribution in [3.63, 3.8) is 0 Å². The Kier molecular flexibility index (Phi) is 4.19. The van der Waals surface area contributed by atoms with Gasteiger partial charge < -0.3 is 18.9 Å². The molecule has 0 radical (unpaired) electrons. The van der Waals surface area contributed by atoms with E-state index < -0.39 is 0 Å². The number of allylic oxidation sites excluding steroid dienone is 1. The summed E-state index contributed by atoms with van der Waals surface area (Å²) in [5.74, 6) is 2.19. The van der Waals surface area contributed by atoms with Crippen LogP contribution in [0.2, 0.25) is 0 Å². The molecule has 0 unspecified atom stereocenters. The molecule has 0 atom stereocenters. The lowest BCUT2D eigenvalue weighted by Gasteiger charge is -2.07. The van der Waals surface area contributed by atoms with Crippen LogP contribution in [0.15, 0.2) is 42.5 Å². The number of hydrogen-bond acceptors (Lipinski definition) is 5. The number of methoxy groups -OCH3 is 2. The van der Waals surface area contributed by atoms with E-state index in [-0.39, 0.29) is 12.6 Å². The molecule has 118 valence electrons. The van der Waals surface area contributed by atoms with Gasteiger partial charge in [0.2, 0.25) is 6.79 Å². The van der Waals surface area contributed by atoms with Crippen molar-refractivity contribution in [1.29, 1.82) is 0 Å². The predicted octanol–water partition coefficient (Wildman–Crippen LogP) is 3.33. The molecule has 1 aliphatic heterocycles. The van der Waals surface area contributed by atoms with E-state index in [9.17, 15) is 4.79 Å². The molecule has 0 saturated heterocycles. The SMILES string of the molecule is COc1ccc(/C=C/C(=O)c2cc3c(cc2OC)OCO3)cc1. The Bertz CT molecular complexity index is 747. The van der Waals surface area contributed by atoms with Crippen molar-refractivity contribution >= 4 is 11.9 Å². The van der Waals surface area contributed by atoms with E-state index in [0.29, 0.717) is 22.8 Å². The van der Waals surface area contributed by atoms with Gasteiger partial charge in [0.1, 0.15) is 11.5 Å². The van der Waals surface area contributed by atoms with Gasteiger partial charge in [-0.05, 0) is 29.8 Å². The number of ketones is 1. The molecule has 5 heteroatoms. The summed E-state index contributed by atoms with van der Waals surface area (Å²) in [4.78, 5) is 12.4. The monoisotopic (exact) mass is 312 g/mol. The highest BCUT2D eigenvalue weighted by molar-refractivity contribution is 6.09. The molecule has 0 bridgehead atoms. The summed E-state index contributed by atoms with van der Waals surface area (Å²) in [5.41, 5.74) is 1.33. The summed E-state index contributed by atoms with van der Waals surface area (Å²) in [6.45, 7) is 0.151. The fourth-order valence-electron chi connectivity index (χ4n) is 2.26. The van der Waals surface area contributed by atoms with Crippen LogP contribution in [0.25, 0.3) is 6.08 Å². The lowest BCUT2D eigenvalue weighted by molar-refractivity contribution is 0.104. The summed E-state index contributed by atoms with van der Waals surface area (Å²) in [6.07, 6.45) is 3.24. The summed E-state index contributed by atoms with van der Waals surface area (Å²) in [5, 5.41) is 0. The first kappa shape index (κ1) is 15.0. The second-order valence-electron chi connectivity index (χ2n) is 4.88. The minimum Gasteiger partial charge on any atom is -0.497 e. The van der Waals surface area contributed by atoms with Crippen LogP contribution in [0.4, 0.5) is 0 Å². The highest BCUT2D eigenvalue weighted by atomic mass is 16.7.